The highest BCUT2D eigenvalue weighted by molar-refractivity contribution is 5.55. The fourth-order valence-corrected chi connectivity index (χ4v) is 1.19. The minimum atomic E-state index is -0.319. The van der Waals surface area contributed by atoms with Crippen molar-refractivity contribution in [3.63, 3.8) is 0 Å². The quantitative estimate of drug-likeness (QED) is 0.306. The van der Waals surface area contributed by atoms with E-state index < -0.39 is 0 Å². The number of benzene rings is 1. The van der Waals surface area contributed by atoms with Crippen LogP contribution >= 0.6 is 0 Å². The van der Waals surface area contributed by atoms with Crippen molar-refractivity contribution in [1.29, 1.82) is 0 Å². The zero-order chi connectivity index (χ0) is 11.3. The number of allylic oxidation sites excluding steroid dienone is 1. The van der Waals surface area contributed by atoms with E-state index in [2.05, 4.69) is 12.0 Å². The molecular formula is C11H13FN2O. The SMILES string of the molecule is C=C(O)/C=C/c1ccc(F)cc1CNN. The van der Waals surface area contributed by atoms with Gasteiger partial charge in [0, 0.05) is 6.54 Å². The molecule has 0 unspecified atom stereocenters. The lowest BCUT2D eigenvalue weighted by Gasteiger charge is -2.05. The van der Waals surface area contributed by atoms with Gasteiger partial charge in [0.1, 0.15) is 11.6 Å². The Balaban J connectivity index is 3.00. The number of aliphatic hydroxyl groups excluding tert-OH is 1. The van der Waals surface area contributed by atoms with Gasteiger partial charge in [0.25, 0.3) is 0 Å². The van der Waals surface area contributed by atoms with Gasteiger partial charge in [-0.1, -0.05) is 18.7 Å². The normalized spacial score (nSPS) is 10.8. The fraction of sp³-hybridized carbons (Fsp3) is 0.0909. The second kappa shape index (κ2) is 5.29. The molecule has 1 aromatic rings. The molecule has 0 aromatic heterocycles. The highest BCUT2D eigenvalue weighted by Gasteiger charge is 2.00. The molecule has 0 spiro atoms. The summed E-state index contributed by atoms with van der Waals surface area (Å²) in [6, 6.07) is 4.35. The molecule has 0 aliphatic rings. The Morgan fingerprint density at radius 2 is 2.33 bits per heavy atom. The summed E-state index contributed by atoms with van der Waals surface area (Å²) in [6.07, 6.45) is 3.09. The topological polar surface area (TPSA) is 58.3 Å². The van der Waals surface area contributed by atoms with Crippen LogP contribution in [0.3, 0.4) is 0 Å². The van der Waals surface area contributed by atoms with E-state index in [0.717, 1.165) is 11.1 Å². The monoisotopic (exact) mass is 208 g/mol. The largest absolute Gasteiger partial charge is 0.509 e. The van der Waals surface area contributed by atoms with E-state index in [9.17, 15) is 4.39 Å². The van der Waals surface area contributed by atoms with E-state index >= 15 is 0 Å². The molecule has 4 N–H and O–H groups in total. The lowest BCUT2D eigenvalue weighted by Crippen LogP contribution is -2.21. The number of nitrogens with two attached hydrogens (primary N) is 1. The first-order valence-electron chi connectivity index (χ1n) is 4.41. The van der Waals surface area contributed by atoms with Crippen molar-refractivity contribution in [1.82, 2.24) is 5.43 Å². The Labute approximate surface area is 87.7 Å². The van der Waals surface area contributed by atoms with Crippen LogP contribution in [-0.2, 0) is 6.54 Å². The van der Waals surface area contributed by atoms with E-state index in [-0.39, 0.29) is 11.6 Å². The summed E-state index contributed by atoms with van der Waals surface area (Å²) in [5.41, 5.74) is 3.95. The first-order chi connectivity index (χ1) is 7.13. The van der Waals surface area contributed by atoms with Crippen LogP contribution in [0.25, 0.3) is 6.08 Å². The summed E-state index contributed by atoms with van der Waals surface area (Å²) in [7, 11) is 0. The molecule has 0 atom stereocenters. The summed E-state index contributed by atoms with van der Waals surface area (Å²) >= 11 is 0. The summed E-state index contributed by atoms with van der Waals surface area (Å²) in [5, 5.41) is 8.89. The number of hydrogen-bond acceptors (Lipinski definition) is 3. The highest BCUT2D eigenvalue weighted by Crippen LogP contribution is 2.13. The predicted octanol–water partition coefficient (Wildman–Crippen LogP) is 1.87. The summed E-state index contributed by atoms with van der Waals surface area (Å²) in [6.45, 7) is 3.67. The third-order valence-corrected chi connectivity index (χ3v) is 1.85. The van der Waals surface area contributed by atoms with Gasteiger partial charge in [-0.2, -0.15) is 0 Å². The Morgan fingerprint density at radius 1 is 1.60 bits per heavy atom. The average molecular weight is 208 g/mol. The molecule has 0 aliphatic carbocycles. The number of rotatable bonds is 4. The Hall–Kier alpha value is -1.65. The predicted molar refractivity (Wildman–Crippen MR) is 58.2 cm³/mol. The van der Waals surface area contributed by atoms with Crippen LogP contribution in [0.2, 0.25) is 0 Å². The van der Waals surface area contributed by atoms with Gasteiger partial charge in [-0.3, -0.25) is 11.3 Å². The van der Waals surface area contributed by atoms with Gasteiger partial charge in [-0.05, 0) is 29.3 Å². The Morgan fingerprint density at radius 3 is 2.93 bits per heavy atom. The van der Waals surface area contributed by atoms with Crippen LogP contribution in [0.5, 0.6) is 0 Å². The second-order valence-electron chi connectivity index (χ2n) is 3.05. The number of aliphatic hydroxyl groups is 1. The maximum absolute atomic E-state index is 12.9. The van der Waals surface area contributed by atoms with Crippen LogP contribution in [0.4, 0.5) is 4.39 Å². The van der Waals surface area contributed by atoms with Crippen molar-refractivity contribution in [2.75, 3.05) is 0 Å². The Bertz CT molecular complexity index is 388. The van der Waals surface area contributed by atoms with Crippen molar-refractivity contribution in [2.24, 2.45) is 5.84 Å². The molecular weight excluding hydrogens is 195 g/mol. The third kappa shape index (κ3) is 3.53. The molecule has 3 nitrogen and oxygen atoms in total. The molecule has 0 amide bonds. The molecule has 0 saturated heterocycles. The maximum atomic E-state index is 12.9. The molecule has 1 rings (SSSR count). The van der Waals surface area contributed by atoms with Gasteiger partial charge in [-0.25, -0.2) is 4.39 Å². The molecule has 4 heteroatoms. The minimum Gasteiger partial charge on any atom is -0.509 e. The van der Waals surface area contributed by atoms with Crippen LogP contribution in [0.1, 0.15) is 11.1 Å². The van der Waals surface area contributed by atoms with Crippen molar-refractivity contribution >= 4 is 6.08 Å². The smallest absolute Gasteiger partial charge is 0.123 e. The molecule has 80 valence electrons. The summed E-state index contributed by atoms with van der Waals surface area (Å²) in [5.74, 6) is 4.80. The van der Waals surface area contributed by atoms with Gasteiger partial charge in [0.2, 0.25) is 0 Å². The van der Waals surface area contributed by atoms with Crippen molar-refractivity contribution in [3.8, 4) is 0 Å². The molecule has 0 bridgehead atoms. The molecule has 0 aliphatic heterocycles. The van der Waals surface area contributed by atoms with E-state index in [1.54, 1.807) is 12.1 Å². The van der Waals surface area contributed by atoms with Gasteiger partial charge < -0.3 is 5.11 Å². The first kappa shape index (κ1) is 11.4. The lowest BCUT2D eigenvalue weighted by molar-refractivity contribution is 0.436. The van der Waals surface area contributed by atoms with E-state index in [4.69, 9.17) is 10.9 Å². The van der Waals surface area contributed by atoms with E-state index in [0.29, 0.717) is 6.54 Å². The summed E-state index contributed by atoms with van der Waals surface area (Å²) in [4.78, 5) is 0. The molecule has 1 aromatic carbocycles. The maximum Gasteiger partial charge on any atom is 0.123 e. The van der Waals surface area contributed by atoms with Crippen molar-refractivity contribution in [2.45, 2.75) is 6.54 Å². The van der Waals surface area contributed by atoms with Crippen LogP contribution in [-0.4, -0.2) is 5.11 Å². The number of nitrogens with one attached hydrogen (secondary N) is 1. The van der Waals surface area contributed by atoms with Crippen LogP contribution in [0, 0.1) is 5.82 Å². The van der Waals surface area contributed by atoms with Gasteiger partial charge in [0.05, 0.1) is 0 Å². The fourth-order valence-electron chi connectivity index (χ4n) is 1.19. The average Bonchev–Trinajstić information content (AvgIpc) is 2.17. The van der Waals surface area contributed by atoms with E-state index in [1.807, 2.05) is 0 Å². The standard InChI is InChI=1S/C11H13FN2O/c1-8(15)2-3-9-4-5-11(12)6-10(9)7-14-13/h2-6,14-15H,1,7,13H2/b3-2+. The van der Waals surface area contributed by atoms with Gasteiger partial charge in [-0.15, -0.1) is 0 Å². The molecule has 0 radical (unpaired) electrons. The Kier molecular flexibility index (Phi) is 4.03. The third-order valence-electron chi connectivity index (χ3n) is 1.85. The number of hydrazine groups is 1. The van der Waals surface area contributed by atoms with Gasteiger partial charge in [0.15, 0.2) is 0 Å². The first-order valence-corrected chi connectivity index (χ1v) is 4.41. The van der Waals surface area contributed by atoms with E-state index in [1.165, 1.54) is 18.2 Å². The molecule has 15 heavy (non-hydrogen) atoms. The zero-order valence-corrected chi connectivity index (χ0v) is 8.20. The zero-order valence-electron chi connectivity index (χ0n) is 8.20. The minimum absolute atomic E-state index is 0.0500. The highest BCUT2D eigenvalue weighted by atomic mass is 19.1. The lowest BCUT2D eigenvalue weighted by atomic mass is 10.1. The second-order valence-corrected chi connectivity index (χ2v) is 3.05. The van der Waals surface area contributed by atoms with Crippen molar-refractivity contribution in [3.05, 3.63) is 53.6 Å². The van der Waals surface area contributed by atoms with Crippen LogP contribution < -0.4 is 11.3 Å². The number of halogens is 1. The molecule has 0 fully saturated rings. The van der Waals surface area contributed by atoms with Gasteiger partial charge >= 0.3 is 0 Å². The van der Waals surface area contributed by atoms with Crippen LogP contribution in [0.15, 0.2) is 36.6 Å². The summed E-state index contributed by atoms with van der Waals surface area (Å²) < 4.78 is 12.9. The molecule has 0 heterocycles. The van der Waals surface area contributed by atoms with Crippen molar-refractivity contribution < 1.29 is 9.50 Å². The number of hydrogen-bond donors (Lipinski definition) is 3. The molecule has 0 saturated carbocycles.